The molecule has 1 amide bonds. The number of nitrogens with one attached hydrogen (secondary N) is 1. The first kappa shape index (κ1) is 20.4. The third-order valence-electron chi connectivity index (χ3n) is 3.73. The Morgan fingerprint density at radius 3 is 2.48 bits per heavy atom. The molecule has 0 aliphatic rings. The number of rotatable bonds is 4. The minimum absolute atomic E-state index is 0.0718. The van der Waals surface area contributed by atoms with E-state index in [2.05, 4.69) is 5.32 Å². The van der Waals surface area contributed by atoms with Gasteiger partial charge in [-0.05, 0) is 30.3 Å². The molecular formula is C17H13Cl3N2O3S2. The van der Waals surface area contributed by atoms with Gasteiger partial charge in [0.15, 0.2) is 0 Å². The van der Waals surface area contributed by atoms with Crippen molar-refractivity contribution in [3.05, 3.63) is 56.3 Å². The lowest BCUT2D eigenvalue weighted by atomic mass is 10.2. The van der Waals surface area contributed by atoms with E-state index in [1.807, 2.05) is 0 Å². The van der Waals surface area contributed by atoms with Gasteiger partial charge in [-0.2, -0.15) is 0 Å². The average molecular weight is 464 g/mol. The second kappa shape index (κ2) is 7.58. The molecule has 0 saturated heterocycles. The van der Waals surface area contributed by atoms with Crippen LogP contribution in [-0.2, 0) is 10.0 Å². The Labute approximate surface area is 175 Å². The summed E-state index contributed by atoms with van der Waals surface area (Å²) < 4.78 is 26.3. The molecule has 5 nitrogen and oxygen atoms in total. The summed E-state index contributed by atoms with van der Waals surface area (Å²) >= 11 is 19.7. The Morgan fingerprint density at radius 1 is 1.11 bits per heavy atom. The third-order valence-corrected chi connectivity index (χ3v) is 7.68. The van der Waals surface area contributed by atoms with Gasteiger partial charge < -0.3 is 5.32 Å². The molecule has 10 heteroatoms. The second-order valence-corrected chi connectivity index (χ2v) is 10.2. The summed E-state index contributed by atoms with van der Waals surface area (Å²) in [5.74, 6) is -0.465. The number of carbonyl (C=O) groups excluding carboxylic acids is 1. The Hall–Kier alpha value is -1.35. The number of hydrogen-bond donors (Lipinski definition) is 1. The van der Waals surface area contributed by atoms with Crippen LogP contribution in [0, 0.1) is 0 Å². The molecule has 2 aromatic carbocycles. The molecule has 0 saturated carbocycles. The van der Waals surface area contributed by atoms with Gasteiger partial charge in [0.1, 0.15) is 4.88 Å². The summed E-state index contributed by atoms with van der Waals surface area (Å²) in [5, 5.41) is 4.26. The van der Waals surface area contributed by atoms with E-state index in [0.717, 1.165) is 15.6 Å². The second-order valence-electron chi connectivity index (χ2n) is 5.78. The fourth-order valence-corrected chi connectivity index (χ4v) is 5.61. The predicted molar refractivity (Wildman–Crippen MR) is 112 cm³/mol. The summed E-state index contributed by atoms with van der Waals surface area (Å²) in [7, 11) is -0.739. The van der Waals surface area contributed by atoms with Crippen molar-refractivity contribution in [2.75, 3.05) is 19.4 Å². The summed E-state index contributed by atoms with van der Waals surface area (Å²) in [6.45, 7) is 0. The molecule has 1 heterocycles. The molecule has 0 aliphatic heterocycles. The SMILES string of the molecule is CN(C)S(=O)(=O)c1cccc(NC(=O)c2sc3cc(Cl)cc(Cl)c3c2Cl)c1. The van der Waals surface area contributed by atoms with Crippen LogP contribution < -0.4 is 5.32 Å². The van der Waals surface area contributed by atoms with Crippen molar-refractivity contribution in [2.45, 2.75) is 4.90 Å². The largest absolute Gasteiger partial charge is 0.321 e. The molecule has 0 spiro atoms. The maximum Gasteiger partial charge on any atom is 0.267 e. The molecule has 1 aromatic heterocycles. The van der Waals surface area contributed by atoms with Gasteiger partial charge in [-0.25, -0.2) is 12.7 Å². The number of benzene rings is 2. The minimum Gasteiger partial charge on any atom is -0.321 e. The number of sulfonamides is 1. The number of thiophene rings is 1. The molecule has 3 rings (SSSR count). The zero-order chi connectivity index (χ0) is 19.9. The molecule has 0 bridgehead atoms. The summed E-state index contributed by atoms with van der Waals surface area (Å²) in [6.07, 6.45) is 0. The number of amides is 1. The number of fused-ring (bicyclic) bond motifs is 1. The highest BCUT2D eigenvalue weighted by atomic mass is 35.5. The first-order chi connectivity index (χ1) is 12.6. The van der Waals surface area contributed by atoms with Crippen molar-refractivity contribution >= 4 is 77.8 Å². The van der Waals surface area contributed by atoms with Crippen LogP contribution in [0.2, 0.25) is 15.1 Å². The fraction of sp³-hybridized carbons (Fsp3) is 0.118. The van der Waals surface area contributed by atoms with Gasteiger partial charge in [0.2, 0.25) is 10.0 Å². The highest BCUT2D eigenvalue weighted by Crippen LogP contribution is 2.41. The van der Waals surface area contributed by atoms with Gasteiger partial charge in [0.25, 0.3) is 5.91 Å². The highest BCUT2D eigenvalue weighted by Gasteiger charge is 2.21. The van der Waals surface area contributed by atoms with E-state index in [-0.39, 0.29) is 14.8 Å². The van der Waals surface area contributed by atoms with Crippen molar-refractivity contribution in [2.24, 2.45) is 0 Å². The van der Waals surface area contributed by atoms with E-state index < -0.39 is 15.9 Å². The van der Waals surface area contributed by atoms with Gasteiger partial charge in [0.05, 0.1) is 14.9 Å². The quantitative estimate of drug-likeness (QED) is 0.566. The zero-order valence-electron chi connectivity index (χ0n) is 14.1. The number of halogens is 3. The lowest BCUT2D eigenvalue weighted by Crippen LogP contribution is -2.22. The smallest absolute Gasteiger partial charge is 0.267 e. The van der Waals surface area contributed by atoms with Crippen molar-refractivity contribution < 1.29 is 13.2 Å². The summed E-state index contributed by atoms with van der Waals surface area (Å²) in [6, 6.07) is 9.23. The molecule has 1 N–H and O–H groups in total. The Balaban J connectivity index is 1.96. The molecule has 0 atom stereocenters. The maximum atomic E-state index is 12.7. The normalized spacial score (nSPS) is 11.9. The predicted octanol–water partition coefficient (Wildman–Crippen LogP) is 5.36. The monoisotopic (exact) mass is 462 g/mol. The molecule has 3 aromatic rings. The van der Waals surface area contributed by atoms with Crippen LogP contribution in [0.25, 0.3) is 10.1 Å². The van der Waals surface area contributed by atoms with Crippen LogP contribution >= 0.6 is 46.1 Å². The molecule has 0 radical (unpaired) electrons. The molecule has 0 fully saturated rings. The van der Waals surface area contributed by atoms with Crippen molar-refractivity contribution in [3.63, 3.8) is 0 Å². The summed E-state index contributed by atoms with van der Waals surface area (Å²) in [5.41, 5.74) is 0.334. The van der Waals surface area contributed by atoms with Gasteiger partial charge >= 0.3 is 0 Å². The minimum atomic E-state index is -3.61. The van der Waals surface area contributed by atoms with Crippen LogP contribution in [0.1, 0.15) is 9.67 Å². The first-order valence-electron chi connectivity index (χ1n) is 7.52. The van der Waals surface area contributed by atoms with E-state index >= 15 is 0 Å². The van der Waals surface area contributed by atoms with Crippen LogP contribution in [0.5, 0.6) is 0 Å². The lowest BCUT2D eigenvalue weighted by Gasteiger charge is -2.12. The van der Waals surface area contributed by atoms with E-state index in [9.17, 15) is 13.2 Å². The van der Waals surface area contributed by atoms with Crippen molar-refractivity contribution in [3.8, 4) is 0 Å². The van der Waals surface area contributed by atoms with Gasteiger partial charge in [-0.1, -0.05) is 40.9 Å². The number of carbonyl (C=O) groups is 1. The lowest BCUT2D eigenvalue weighted by molar-refractivity contribution is 0.103. The van der Waals surface area contributed by atoms with Crippen LogP contribution in [0.3, 0.4) is 0 Å². The van der Waals surface area contributed by atoms with Crippen molar-refractivity contribution in [1.82, 2.24) is 4.31 Å². The first-order valence-corrected chi connectivity index (χ1v) is 10.9. The zero-order valence-corrected chi connectivity index (χ0v) is 18.0. The molecule has 27 heavy (non-hydrogen) atoms. The Morgan fingerprint density at radius 2 is 1.81 bits per heavy atom. The van der Waals surface area contributed by atoms with E-state index in [1.54, 1.807) is 24.3 Å². The average Bonchev–Trinajstić information content (AvgIpc) is 2.91. The fourth-order valence-electron chi connectivity index (χ4n) is 2.39. The van der Waals surface area contributed by atoms with Crippen molar-refractivity contribution in [1.29, 1.82) is 0 Å². The van der Waals surface area contributed by atoms with Crippen LogP contribution in [-0.4, -0.2) is 32.7 Å². The van der Waals surface area contributed by atoms with Gasteiger partial charge in [-0.15, -0.1) is 11.3 Å². The van der Waals surface area contributed by atoms with Crippen LogP contribution in [0.4, 0.5) is 5.69 Å². The number of nitrogens with zero attached hydrogens (tertiary/aromatic N) is 1. The Bertz CT molecular complexity index is 1160. The number of hydrogen-bond acceptors (Lipinski definition) is 4. The molecular weight excluding hydrogens is 451 g/mol. The molecule has 0 aliphatic carbocycles. The van der Waals surface area contributed by atoms with E-state index in [1.165, 1.54) is 26.2 Å². The van der Waals surface area contributed by atoms with E-state index in [4.69, 9.17) is 34.8 Å². The maximum absolute atomic E-state index is 12.7. The summed E-state index contributed by atoms with van der Waals surface area (Å²) in [4.78, 5) is 13.0. The highest BCUT2D eigenvalue weighted by molar-refractivity contribution is 7.89. The van der Waals surface area contributed by atoms with E-state index in [0.29, 0.717) is 25.8 Å². The molecule has 0 unspecified atom stereocenters. The van der Waals surface area contributed by atoms with Gasteiger partial charge in [0, 0.05) is 34.9 Å². The topological polar surface area (TPSA) is 66.5 Å². The van der Waals surface area contributed by atoms with Crippen LogP contribution in [0.15, 0.2) is 41.3 Å². The van der Waals surface area contributed by atoms with Gasteiger partial charge in [-0.3, -0.25) is 4.79 Å². The standard InChI is InChI=1S/C17H13Cl3N2O3S2/c1-22(2)27(24,25)11-5-3-4-10(8-11)21-17(23)16-15(20)14-12(19)6-9(18)7-13(14)26-16/h3-8H,1-2H3,(H,21,23). The molecule has 142 valence electrons. The Kier molecular flexibility index (Phi) is 5.72. The third kappa shape index (κ3) is 3.94. The number of anilines is 1.